The number of amides is 1. The summed E-state index contributed by atoms with van der Waals surface area (Å²) >= 11 is 3.00. The summed E-state index contributed by atoms with van der Waals surface area (Å²) < 4.78 is 0.839. The van der Waals surface area contributed by atoms with Gasteiger partial charge in [-0.05, 0) is 49.3 Å². The van der Waals surface area contributed by atoms with Crippen molar-refractivity contribution in [3.8, 4) is 0 Å². The lowest BCUT2D eigenvalue weighted by molar-refractivity contribution is -0.131. The van der Waals surface area contributed by atoms with Gasteiger partial charge in [-0.15, -0.1) is 10.2 Å². The third-order valence-electron chi connectivity index (χ3n) is 5.64. The number of carbonyl (C=O) groups is 1. The second-order valence-electron chi connectivity index (χ2n) is 7.59. The molecule has 27 heavy (non-hydrogen) atoms. The number of rotatable bonds is 5. The predicted octanol–water partition coefficient (Wildman–Crippen LogP) is 4.72. The number of hydrogen-bond acceptors (Lipinski definition) is 6. The SMILES string of the molecule is Cc1cccc(Nc2nnc(SCC(=O)N3CC[C@H]4CCCC[C@@H]4C3)s2)c1. The average Bonchev–Trinajstić information content (AvgIpc) is 3.13. The van der Waals surface area contributed by atoms with E-state index in [0.29, 0.717) is 5.75 Å². The van der Waals surface area contributed by atoms with E-state index in [2.05, 4.69) is 39.5 Å². The molecule has 2 atom stereocenters. The Kier molecular flexibility index (Phi) is 5.98. The average molecular weight is 403 g/mol. The lowest BCUT2D eigenvalue weighted by Crippen LogP contribution is -2.45. The highest BCUT2D eigenvalue weighted by Gasteiger charge is 2.32. The molecule has 144 valence electrons. The quantitative estimate of drug-likeness (QED) is 0.733. The standard InChI is InChI=1S/C20H26N4OS2/c1-14-5-4-8-17(11-14)21-19-22-23-20(27-19)26-13-18(25)24-10-9-15-6-2-3-7-16(15)12-24/h4-5,8,11,15-16H,2-3,6-7,9-10,12-13H2,1H3,(H,21,22)/t15-,16-/m1/s1. The summed E-state index contributed by atoms with van der Waals surface area (Å²) in [5.41, 5.74) is 2.21. The Hall–Kier alpha value is -1.60. The molecule has 1 N–H and O–H groups in total. The van der Waals surface area contributed by atoms with Gasteiger partial charge in [-0.1, -0.05) is 54.5 Å². The number of aryl methyl sites for hydroxylation is 1. The van der Waals surface area contributed by atoms with Crippen LogP contribution in [-0.2, 0) is 4.79 Å². The van der Waals surface area contributed by atoms with Gasteiger partial charge in [0.1, 0.15) is 0 Å². The number of fused-ring (bicyclic) bond motifs is 1. The molecule has 0 bridgehead atoms. The number of likely N-dealkylation sites (tertiary alicyclic amines) is 1. The molecule has 1 saturated heterocycles. The summed E-state index contributed by atoms with van der Waals surface area (Å²) in [5.74, 6) is 2.28. The maximum atomic E-state index is 12.6. The van der Waals surface area contributed by atoms with Crippen LogP contribution in [0, 0.1) is 18.8 Å². The fraction of sp³-hybridized carbons (Fsp3) is 0.550. The molecule has 2 heterocycles. The van der Waals surface area contributed by atoms with Crippen LogP contribution in [0.25, 0.3) is 0 Å². The summed E-state index contributed by atoms with van der Waals surface area (Å²) in [5, 5.41) is 12.5. The molecule has 1 aliphatic carbocycles. The van der Waals surface area contributed by atoms with E-state index in [9.17, 15) is 4.79 Å². The van der Waals surface area contributed by atoms with Gasteiger partial charge in [-0.2, -0.15) is 0 Å². The molecule has 5 nitrogen and oxygen atoms in total. The number of aromatic nitrogens is 2. The number of nitrogens with zero attached hydrogens (tertiary/aromatic N) is 3. The van der Waals surface area contributed by atoms with Gasteiger partial charge in [0.05, 0.1) is 5.75 Å². The molecule has 4 rings (SSSR count). The van der Waals surface area contributed by atoms with E-state index in [1.54, 1.807) is 0 Å². The van der Waals surface area contributed by atoms with Crippen molar-refractivity contribution in [3.63, 3.8) is 0 Å². The number of hydrogen-bond donors (Lipinski definition) is 1. The Morgan fingerprint density at radius 1 is 1.26 bits per heavy atom. The number of anilines is 2. The van der Waals surface area contributed by atoms with Gasteiger partial charge in [0, 0.05) is 18.8 Å². The fourth-order valence-corrected chi connectivity index (χ4v) is 5.88. The van der Waals surface area contributed by atoms with Crippen molar-refractivity contribution in [2.45, 2.75) is 43.4 Å². The molecule has 1 aromatic heterocycles. The van der Waals surface area contributed by atoms with Crippen molar-refractivity contribution in [2.24, 2.45) is 11.8 Å². The minimum Gasteiger partial charge on any atom is -0.342 e. The van der Waals surface area contributed by atoms with Gasteiger partial charge in [0.15, 0.2) is 4.34 Å². The molecule has 2 aliphatic rings. The highest BCUT2D eigenvalue weighted by atomic mass is 32.2. The summed E-state index contributed by atoms with van der Waals surface area (Å²) in [6.07, 6.45) is 6.56. The molecule has 0 radical (unpaired) electrons. The van der Waals surface area contributed by atoms with Crippen molar-refractivity contribution in [3.05, 3.63) is 29.8 Å². The number of thioether (sulfide) groups is 1. The topological polar surface area (TPSA) is 58.1 Å². The maximum absolute atomic E-state index is 12.6. The summed E-state index contributed by atoms with van der Waals surface area (Å²) in [6, 6.07) is 8.17. The summed E-state index contributed by atoms with van der Waals surface area (Å²) in [6.45, 7) is 3.95. The van der Waals surface area contributed by atoms with Crippen LogP contribution < -0.4 is 5.32 Å². The van der Waals surface area contributed by atoms with Gasteiger partial charge < -0.3 is 10.2 Å². The third kappa shape index (κ3) is 4.82. The molecule has 7 heteroatoms. The molecule has 0 spiro atoms. The molecule has 0 unspecified atom stereocenters. The molecule has 1 amide bonds. The molecular weight excluding hydrogens is 376 g/mol. The highest BCUT2D eigenvalue weighted by molar-refractivity contribution is 8.01. The van der Waals surface area contributed by atoms with Crippen LogP contribution in [0.15, 0.2) is 28.6 Å². The van der Waals surface area contributed by atoms with Crippen molar-refractivity contribution < 1.29 is 4.79 Å². The van der Waals surface area contributed by atoms with Crippen LogP contribution >= 0.6 is 23.1 Å². The zero-order chi connectivity index (χ0) is 18.6. The molecule has 1 aromatic carbocycles. The van der Waals surface area contributed by atoms with Crippen molar-refractivity contribution in [1.29, 1.82) is 0 Å². The largest absolute Gasteiger partial charge is 0.342 e. The van der Waals surface area contributed by atoms with E-state index in [1.807, 2.05) is 12.1 Å². The van der Waals surface area contributed by atoms with E-state index in [1.165, 1.54) is 60.8 Å². The molecule has 2 aromatic rings. The van der Waals surface area contributed by atoms with Crippen LogP contribution in [0.4, 0.5) is 10.8 Å². The Balaban J connectivity index is 1.27. The van der Waals surface area contributed by atoms with Gasteiger partial charge in [0.25, 0.3) is 0 Å². The Bertz CT molecular complexity index is 794. The van der Waals surface area contributed by atoms with Gasteiger partial charge in [-0.3, -0.25) is 4.79 Å². The fourth-order valence-electron chi connectivity index (χ4n) is 4.21. The smallest absolute Gasteiger partial charge is 0.233 e. The molecular formula is C20H26N4OS2. The normalized spacial score (nSPS) is 22.3. The monoisotopic (exact) mass is 402 g/mol. The van der Waals surface area contributed by atoms with Crippen LogP contribution in [0.2, 0.25) is 0 Å². The number of benzene rings is 1. The zero-order valence-electron chi connectivity index (χ0n) is 15.7. The van der Waals surface area contributed by atoms with Crippen LogP contribution in [-0.4, -0.2) is 39.8 Å². The van der Waals surface area contributed by atoms with Crippen LogP contribution in [0.3, 0.4) is 0 Å². The predicted molar refractivity (Wildman–Crippen MR) is 112 cm³/mol. The van der Waals surface area contributed by atoms with E-state index < -0.39 is 0 Å². The van der Waals surface area contributed by atoms with E-state index in [0.717, 1.165) is 40.1 Å². The first kappa shape index (κ1) is 18.7. The Morgan fingerprint density at radius 2 is 2.11 bits per heavy atom. The first-order valence-corrected chi connectivity index (χ1v) is 11.6. The van der Waals surface area contributed by atoms with Crippen molar-refractivity contribution in [1.82, 2.24) is 15.1 Å². The maximum Gasteiger partial charge on any atom is 0.233 e. The molecule has 1 saturated carbocycles. The van der Waals surface area contributed by atoms with E-state index >= 15 is 0 Å². The lowest BCUT2D eigenvalue weighted by Gasteiger charge is -2.41. The Morgan fingerprint density at radius 3 is 2.96 bits per heavy atom. The number of carbonyl (C=O) groups excluding carboxylic acids is 1. The first-order valence-electron chi connectivity index (χ1n) is 9.75. The minimum atomic E-state index is 0.243. The third-order valence-corrected chi connectivity index (χ3v) is 7.60. The van der Waals surface area contributed by atoms with Gasteiger partial charge in [-0.25, -0.2) is 0 Å². The lowest BCUT2D eigenvalue weighted by atomic mass is 9.75. The second kappa shape index (κ2) is 8.61. The Labute approximate surface area is 168 Å². The van der Waals surface area contributed by atoms with E-state index in [-0.39, 0.29) is 5.91 Å². The van der Waals surface area contributed by atoms with Gasteiger partial charge in [0.2, 0.25) is 11.0 Å². The van der Waals surface area contributed by atoms with Crippen LogP contribution in [0.1, 0.15) is 37.7 Å². The highest BCUT2D eigenvalue weighted by Crippen LogP contribution is 2.36. The van der Waals surface area contributed by atoms with Crippen molar-refractivity contribution >= 4 is 39.8 Å². The number of nitrogens with one attached hydrogen (secondary N) is 1. The molecule has 1 aliphatic heterocycles. The molecule has 2 fully saturated rings. The van der Waals surface area contributed by atoms with Gasteiger partial charge >= 0.3 is 0 Å². The summed E-state index contributed by atoms with van der Waals surface area (Å²) in [4.78, 5) is 14.7. The first-order chi connectivity index (χ1) is 13.2. The van der Waals surface area contributed by atoms with Crippen molar-refractivity contribution in [2.75, 3.05) is 24.2 Å². The summed E-state index contributed by atoms with van der Waals surface area (Å²) in [7, 11) is 0. The second-order valence-corrected chi connectivity index (χ2v) is 9.79. The number of piperidine rings is 1. The van der Waals surface area contributed by atoms with E-state index in [4.69, 9.17) is 0 Å². The zero-order valence-corrected chi connectivity index (χ0v) is 17.3. The van der Waals surface area contributed by atoms with Crippen LogP contribution in [0.5, 0.6) is 0 Å². The minimum absolute atomic E-state index is 0.243.